The minimum absolute atomic E-state index is 0.275. The first-order chi connectivity index (χ1) is 14.5. The van der Waals surface area contributed by atoms with E-state index in [1.54, 1.807) is 13.2 Å². The Morgan fingerprint density at radius 2 is 2.20 bits per heavy atom. The lowest BCUT2D eigenvalue weighted by Crippen LogP contribution is -2.25. The molecule has 2 heterocycles. The van der Waals surface area contributed by atoms with Crippen molar-refractivity contribution in [1.29, 1.82) is 0 Å². The molecule has 3 rings (SSSR count). The molecule has 0 saturated heterocycles. The molecule has 6 nitrogen and oxygen atoms in total. The van der Waals surface area contributed by atoms with Crippen molar-refractivity contribution in [3.8, 4) is 0 Å². The van der Waals surface area contributed by atoms with Crippen LogP contribution in [0.25, 0.3) is 5.57 Å². The Kier molecular flexibility index (Phi) is 7.24. The number of nitrogens with zero attached hydrogens (tertiary/aromatic N) is 4. The largest absolute Gasteiger partial charge is 0.383 e. The molecular formula is C23H27ClN4O2. The number of methoxy groups -OCH3 is 1. The minimum Gasteiger partial charge on any atom is -0.383 e. The highest BCUT2D eigenvalue weighted by Gasteiger charge is 2.28. The lowest BCUT2D eigenvalue weighted by Gasteiger charge is -2.23. The number of anilines is 3. The van der Waals surface area contributed by atoms with Gasteiger partial charge in [-0.15, -0.1) is 0 Å². The van der Waals surface area contributed by atoms with Crippen molar-refractivity contribution in [2.24, 2.45) is 0 Å². The molecule has 1 aliphatic rings. The summed E-state index contributed by atoms with van der Waals surface area (Å²) in [4.78, 5) is 25.2. The van der Waals surface area contributed by atoms with Gasteiger partial charge in [0.05, 0.1) is 12.3 Å². The molecule has 0 bridgehead atoms. The maximum Gasteiger partial charge on any atom is 0.227 e. The van der Waals surface area contributed by atoms with Gasteiger partial charge in [0.15, 0.2) is 0 Å². The second-order valence-electron chi connectivity index (χ2n) is 7.22. The van der Waals surface area contributed by atoms with Crippen molar-refractivity contribution in [2.75, 3.05) is 43.7 Å². The first kappa shape index (κ1) is 22.0. The summed E-state index contributed by atoms with van der Waals surface area (Å²) in [5, 5.41) is 0.740. The van der Waals surface area contributed by atoms with Gasteiger partial charge in [-0.3, -0.25) is 0 Å². The molecule has 0 atom stereocenters. The zero-order valence-electron chi connectivity index (χ0n) is 17.7. The highest BCUT2D eigenvalue weighted by atomic mass is 35.5. The SMILES string of the molecule is C=CC=C(CC=O)c1nc(N(C)CCOC)nc2c1CCN2c1ccc(Cl)c(C)c1. The summed E-state index contributed by atoms with van der Waals surface area (Å²) >= 11 is 6.23. The number of aromatic nitrogens is 2. The fourth-order valence-corrected chi connectivity index (χ4v) is 3.65. The lowest BCUT2D eigenvalue weighted by atomic mass is 10.0. The number of carbonyl (C=O) groups is 1. The number of rotatable bonds is 9. The van der Waals surface area contributed by atoms with Gasteiger partial charge >= 0.3 is 0 Å². The van der Waals surface area contributed by atoms with E-state index in [9.17, 15) is 4.79 Å². The molecule has 7 heteroatoms. The molecule has 1 aromatic carbocycles. The third-order valence-corrected chi connectivity index (χ3v) is 5.59. The number of hydrogen-bond acceptors (Lipinski definition) is 6. The Bertz CT molecular complexity index is 974. The van der Waals surface area contributed by atoms with Gasteiger partial charge in [0.25, 0.3) is 0 Å². The van der Waals surface area contributed by atoms with Gasteiger partial charge in [-0.05, 0) is 42.7 Å². The van der Waals surface area contributed by atoms with Gasteiger partial charge in [0.2, 0.25) is 5.95 Å². The Morgan fingerprint density at radius 3 is 2.87 bits per heavy atom. The number of allylic oxidation sites excluding steroid dienone is 3. The molecule has 0 amide bonds. The molecular weight excluding hydrogens is 400 g/mol. The van der Waals surface area contributed by atoms with Crippen molar-refractivity contribution in [3.05, 3.63) is 58.8 Å². The number of aryl methyl sites for hydroxylation is 1. The van der Waals surface area contributed by atoms with Gasteiger partial charge in [0, 0.05) is 49.9 Å². The predicted molar refractivity (Wildman–Crippen MR) is 123 cm³/mol. The van der Waals surface area contributed by atoms with E-state index >= 15 is 0 Å². The van der Waals surface area contributed by atoms with Crippen molar-refractivity contribution in [2.45, 2.75) is 19.8 Å². The number of aldehydes is 1. The number of fused-ring (bicyclic) bond motifs is 1. The van der Waals surface area contributed by atoms with Crippen LogP contribution in [0.4, 0.5) is 17.5 Å². The van der Waals surface area contributed by atoms with Crippen LogP contribution < -0.4 is 9.80 Å². The molecule has 0 fully saturated rings. The summed E-state index contributed by atoms with van der Waals surface area (Å²) in [5.41, 5.74) is 4.74. The average Bonchev–Trinajstić information content (AvgIpc) is 3.17. The summed E-state index contributed by atoms with van der Waals surface area (Å²) in [6.07, 6.45) is 5.51. The van der Waals surface area contributed by atoms with Crippen molar-refractivity contribution >= 4 is 40.9 Å². The van der Waals surface area contributed by atoms with Crippen LogP contribution in [0.2, 0.25) is 5.02 Å². The maximum atomic E-state index is 11.3. The van der Waals surface area contributed by atoms with E-state index in [2.05, 4.69) is 17.5 Å². The van der Waals surface area contributed by atoms with Crippen LogP contribution in [-0.2, 0) is 16.0 Å². The summed E-state index contributed by atoms with van der Waals surface area (Å²) in [5.74, 6) is 1.46. The molecule has 1 aromatic heterocycles. The molecule has 0 N–H and O–H groups in total. The fraction of sp³-hybridized carbons (Fsp3) is 0.348. The molecule has 0 spiro atoms. The number of likely N-dealkylation sites (N-methyl/N-ethyl adjacent to an activating group) is 1. The Balaban J connectivity index is 2.14. The van der Waals surface area contributed by atoms with Crippen LogP contribution in [0, 0.1) is 6.92 Å². The number of carbonyl (C=O) groups excluding carboxylic acids is 1. The van der Waals surface area contributed by atoms with Crippen LogP contribution in [-0.4, -0.2) is 50.1 Å². The third-order valence-electron chi connectivity index (χ3n) is 5.17. The summed E-state index contributed by atoms with van der Waals surface area (Å²) in [6, 6.07) is 5.99. The van der Waals surface area contributed by atoms with Crippen LogP contribution in [0.1, 0.15) is 23.2 Å². The molecule has 158 valence electrons. The zero-order chi connectivity index (χ0) is 21.7. The van der Waals surface area contributed by atoms with Gasteiger partial charge in [0.1, 0.15) is 12.1 Å². The van der Waals surface area contributed by atoms with E-state index in [1.165, 1.54) is 0 Å². The van der Waals surface area contributed by atoms with Crippen molar-refractivity contribution in [3.63, 3.8) is 0 Å². The van der Waals surface area contributed by atoms with E-state index < -0.39 is 0 Å². The molecule has 0 unspecified atom stereocenters. The van der Waals surface area contributed by atoms with E-state index in [4.69, 9.17) is 26.3 Å². The molecule has 0 aliphatic carbocycles. The highest BCUT2D eigenvalue weighted by molar-refractivity contribution is 6.31. The average molecular weight is 427 g/mol. The fourth-order valence-electron chi connectivity index (χ4n) is 3.53. The summed E-state index contributed by atoms with van der Waals surface area (Å²) in [6.45, 7) is 7.79. The Morgan fingerprint density at radius 1 is 1.40 bits per heavy atom. The summed E-state index contributed by atoms with van der Waals surface area (Å²) in [7, 11) is 3.61. The minimum atomic E-state index is 0.275. The molecule has 30 heavy (non-hydrogen) atoms. The number of hydrogen-bond donors (Lipinski definition) is 0. The molecule has 0 saturated carbocycles. The van der Waals surface area contributed by atoms with Gasteiger partial charge < -0.3 is 19.3 Å². The van der Waals surface area contributed by atoms with E-state index in [0.717, 1.165) is 58.2 Å². The van der Waals surface area contributed by atoms with Crippen LogP contribution >= 0.6 is 11.6 Å². The standard InChI is InChI=1S/C23H27ClN4O2/c1-5-6-17(10-13-29)21-19-9-11-28(18-7-8-20(24)16(2)15-18)22(19)26-23(25-21)27(3)12-14-30-4/h5-8,13,15H,1,9-12,14H2,2-4H3. The Labute approximate surface area is 182 Å². The summed E-state index contributed by atoms with van der Waals surface area (Å²) < 4.78 is 5.21. The number of ether oxygens (including phenoxy) is 1. The molecule has 0 radical (unpaired) electrons. The first-order valence-electron chi connectivity index (χ1n) is 9.90. The smallest absolute Gasteiger partial charge is 0.227 e. The maximum absolute atomic E-state index is 11.3. The number of benzene rings is 1. The van der Waals surface area contributed by atoms with E-state index in [1.807, 2.05) is 37.1 Å². The van der Waals surface area contributed by atoms with E-state index in [-0.39, 0.29) is 6.42 Å². The first-order valence-corrected chi connectivity index (χ1v) is 10.3. The second kappa shape index (κ2) is 9.87. The van der Waals surface area contributed by atoms with Gasteiger partial charge in [-0.2, -0.15) is 4.98 Å². The van der Waals surface area contributed by atoms with Crippen molar-refractivity contribution < 1.29 is 9.53 Å². The molecule has 1 aliphatic heterocycles. The number of halogens is 1. The van der Waals surface area contributed by atoms with Crippen LogP contribution in [0.15, 0.2) is 36.9 Å². The quantitative estimate of drug-likeness (QED) is 0.438. The lowest BCUT2D eigenvalue weighted by molar-refractivity contribution is -0.107. The highest BCUT2D eigenvalue weighted by Crippen LogP contribution is 2.39. The monoisotopic (exact) mass is 426 g/mol. The van der Waals surface area contributed by atoms with E-state index in [0.29, 0.717) is 19.1 Å². The van der Waals surface area contributed by atoms with Gasteiger partial charge in [-0.25, -0.2) is 4.98 Å². The van der Waals surface area contributed by atoms with Crippen molar-refractivity contribution in [1.82, 2.24) is 9.97 Å². The predicted octanol–water partition coefficient (Wildman–Crippen LogP) is 4.37. The zero-order valence-corrected chi connectivity index (χ0v) is 18.4. The Hall–Kier alpha value is -2.70. The molecule has 2 aromatic rings. The van der Waals surface area contributed by atoms with Crippen LogP contribution in [0.3, 0.4) is 0 Å². The third kappa shape index (κ3) is 4.55. The normalized spacial score (nSPS) is 13.3. The topological polar surface area (TPSA) is 58.6 Å². The van der Waals surface area contributed by atoms with Crippen LogP contribution in [0.5, 0.6) is 0 Å². The van der Waals surface area contributed by atoms with Gasteiger partial charge in [-0.1, -0.05) is 30.3 Å². The second-order valence-corrected chi connectivity index (χ2v) is 7.63.